The fourth-order valence-electron chi connectivity index (χ4n) is 2.56. The summed E-state index contributed by atoms with van der Waals surface area (Å²) in [7, 11) is 0. The Kier molecular flexibility index (Phi) is 2.58. The SMILES string of the molecule is Brc1cnc(C2CC2)nc1NC1CCn2cncc21. The van der Waals surface area contributed by atoms with E-state index in [4.69, 9.17) is 0 Å². The van der Waals surface area contributed by atoms with Gasteiger partial charge in [-0.1, -0.05) is 0 Å². The molecule has 1 unspecified atom stereocenters. The molecule has 1 fully saturated rings. The average molecular weight is 320 g/mol. The van der Waals surface area contributed by atoms with Gasteiger partial charge in [0.1, 0.15) is 11.6 Å². The molecule has 0 bridgehead atoms. The molecule has 3 heterocycles. The van der Waals surface area contributed by atoms with E-state index < -0.39 is 0 Å². The molecule has 98 valence electrons. The van der Waals surface area contributed by atoms with Gasteiger partial charge in [0.25, 0.3) is 0 Å². The fourth-order valence-corrected chi connectivity index (χ4v) is 2.86. The Hall–Kier alpha value is -1.43. The highest BCUT2D eigenvalue weighted by atomic mass is 79.9. The van der Waals surface area contributed by atoms with Crippen LogP contribution in [0, 0.1) is 0 Å². The van der Waals surface area contributed by atoms with Gasteiger partial charge < -0.3 is 9.88 Å². The third-order valence-electron chi connectivity index (χ3n) is 3.78. The summed E-state index contributed by atoms with van der Waals surface area (Å²) >= 11 is 3.53. The molecule has 4 rings (SSSR count). The molecule has 6 heteroatoms. The molecule has 0 amide bonds. The molecule has 1 saturated carbocycles. The first kappa shape index (κ1) is 11.4. The molecule has 1 N–H and O–H groups in total. The Labute approximate surface area is 119 Å². The molecule has 1 aliphatic heterocycles. The van der Waals surface area contributed by atoms with Crippen molar-refractivity contribution in [3.63, 3.8) is 0 Å². The average Bonchev–Trinajstić information content (AvgIpc) is 3.03. The summed E-state index contributed by atoms with van der Waals surface area (Å²) in [5.41, 5.74) is 1.23. The smallest absolute Gasteiger partial charge is 0.144 e. The second kappa shape index (κ2) is 4.30. The van der Waals surface area contributed by atoms with Crippen molar-refractivity contribution in [1.29, 1.82) is 0 Å². The second-order valence-electron chi connectivity index (χ2n) is 5.20. The lowest BCUT2D eigenvalue weighted by molar-refractivity contribution is 0.700. The minimum absolute atomic E-state index is 0.292. The van der Waals surface area contributed by atoms with Crippen LogP contribution >= 0.6 is 15.9 Å². The molecule has 5 nitrogen and oxygen atoms in total. The fraction of sp³-hybridized carbons (Fsp3) is 0.462. The predicted octanol–water partition coefficient (Wildman–Crippen LogP) is 2.87. The second-order valence-corrected chi connectivity index (χ2v) is 6.05. The third-order valence-corrected chi connectivity index (χ3v) is 4.36. The number of aromatic nitrogens is 4. The van der Waals surface area contributed by atoms with E-state index in [1.807, 2.05) is 18.7 Å². The largest absolute Gasteiger partial charge is 0.361 e. The van der Waals surface area contributed by atoms with Crippen molar-refractivity contribution in [2.24, 2.45) is 0 Å². The molecule has 1 aliphatic carbocycles. The zero-order chi connectivity index (χ0) is 12.8. The molecular formula is C13H14BrN5. The Balaban J connectivity index is 1.61. The number of imidazole rings is 1. The molecule has 0 radical (unpaired) electrons. The van der Waals surface area contributed by atoms with E-state index in [2.05, 4.69) is 40.8 Å². The summed E-state index contributed by atoms with van der Waals surface area (Å²) in [5, 5.41) is 3.52. The number of nitrogens with one attached hydrogen (secondary N) is 1. The van der Waals surface area contributed by atoms with Crippen LogP contribution in [0.15, 0.2) is 23.2 Å². The number of hydrogen-bond acceptors (Lipinski definition) is 4. The van der Waals surface area contributed by atoms with Crippen LogP contribution in [0.5, 0.6) is 0 Å². The molecule has 2 aromatic rings. The summed E-state index contributed by atoms with van der Waals surface area (Å²) in [6.07, 6.45) is 9.19. The van der Waals surface area contributed by atoms with Gasteiger partial charge >= 0.3 is 0 Å². The van der Waals surface area contributed by atoms with E-state index in [1.54, 1.807) is 0 Å². The van der Waals surface area contributed by atoms with Gasteiger partial charge in [-0.25, -0.2) is 15.0 Å². The van der Waals surface area contributed by atoms with Gasteiger partial charge in [-0.2, -0.15) is 0 Å². The van der Waals surface area contributed by atoms with Crippen molar-refractivity contribution in [1.82, 2.24) is 19.5 Å². The van der Waals surface area contributed by atoms with Crippen LogP contribution in [-0.2, 0) is 6.54 Å². The highest BCUT2D eigenvalue weighted by Crippen LogP contribution is 2.39. The lowest BCUT2D eigenvalue weighted by Gasteiger charge is -2.14. The van der Waals surface area contributed by atoms with Gasteiger partial charge in [-0.3, -0.25) is 0 Å². The van der Waals surface area contributed by atoms with E-state index in [9.17, 15) is 0 Å². The number of aryl methyl sites for hydroxylation is 1. The number of hydrogen-bond donors (Lipinski definition) is 1. The summed E-state index contributed by atoms with van der Waals surface area (Å²) < 4.78 is 3.11. The molecular weight excluding hydrogens is 306 g/mol. The van der Waals surface area contributed by atoms with Gasteiger partial charge in [0, 0.05) is 18.7 Å². The zero-order valence-corrected chi connectivity index (χ0v) is 12.0. The minimum atomic E-state index is 0.292. The maximum absolute atomic E-state index is 4.66. The third kappa shape index (κ3) is 2.04. The van der Waals surface area contributed by atoms with E-state index in [0.717, 1.165) is 29.1 Å². The van der Waals surface area contributed by atoms with E-state index in [-0.39, 0.29) is 0 Å². The lowest BCUT2D eigenvalue weighted by Crippen LogP contribution is -2.10. The van der Waals surface area contributed by atoms with E-state index >= 15 is 0 Å². The van der Waals surface area contributed by atoms with Crippen LogP contribution in [0.2, 0.25) is 0 Å². The van der Waals surface area contributed by atoms with E-state index in [0.29, 0.717) is 12.0 Å². The number of rotatable bonds is 3. The Bertz CT molecular complexity index is 619. The van der Waals surface area contributed by atoms with Gasteiger partial charge in [0.05, 0.1) is 28.7 Å². The molecule has 0 spiro atoms. The summed E-state index contributed by atoms with van der Waals surface area (Å²) in [4.78, 5) is 13.2. The van der Waals surface area contributed by atoms with Crippen molar-refractivity contribution in [3.8, 4) is 0 Å². The van der Waals surface area contributed by atoms with Gasteiger partial charge in [0.2, 0.25) is 0 Å². The van der Waals surface area contributed by atoms with Gasteiger partial charge in [0.15, 0.2) is 0 Å². The highest BCUT2D eigenvalue weighted by molar-refractivity contribution is 9.10. The number of nitrogens with zero attached hydrogens (tertiary/aromatic N) is 4. The predicted molar refractivity (Wildman–Crippen MR) is 74.9 cm³/mol. The van der Waals surface area contributed by atoms with Crippen molar-refractivity contribution >= 4 is 21.7 Å². The molecule has 2 aliphatic rings. The van der Waals surface area contributed by atoms with Gasteiger partial charge in [-0.05, 0) is 35.2 Å². The first-order chi connectivity index (χ1) is 9.31. The van der Waals surface area contributed by atoms with Crippen LogP contribution in [0.25, 0.3) is 0 Å². The topological polar surface area (TPSA) is 55.6 Å². The lowest BCUT2D eigenvalue weighted by atomic mass is 10.2. The number of fused-ring (bicyclic) bond motifs is 1. The molecule has 19 heavy (non-hydrogen) atoms. The maximum Gasteiger partial charge on any atom is 0.144 e. The van der Waals surface area contributed by atoms with Gasteiger partial charge in [-0.15, -0.1) is 0 Å². The van der Waals surface area contributed by atoms with Crippen LogP contribution in [-0.4, -0.2) is 19.5 Å². The Morgan fingerprint density at radius 1 is 1.26 bits per heavy atom. The Morgan fingerprint density at radius 3 is 3.00 bits per heavy atom. The first-order valence-corrected chi connectivity index (χ1v) is 7.39. The number of halogens is 1. The quantitative estimate of drug-likeness (QED) is 0.945. The normalized spacial score (nSPS) is 21.4. The summed E-state index contributed by atoms with van der Waals surface area (Å²) in [6, 6.07) is 0.292. The van der Waals surface area contributed by atoms with E-state index in [1.165, 1.54) is 18.5 Å². The van der Waals surface area contributed by atoms with Crippen LogP contribution in [0.3, 0.4) is 0 Å². The summed E-state index contributed by atoms with van der Waals surface area (Å²) in [6.45, 7) is 1.02. The standard InChI is InChI=1S/C13H14BrN5/c14-9-5-16-12(8-1-2-8)18-13(9)17-10-3-4-19-7-15-6-11(10)19/h5-8,10H,1-4H2,(H,16,17,18). The zero-order valence-electron chi connectivity index (χ0n) is 10.4. The van der Waals surface area contributed by atoms with Crippen LogP contribution < -0.4 is 5.32 Å². The number of anilines is 1. The summed E-state index contributed by atoms with van der Waals surface area (Å²) in [5.74, 6) is 2.44. The maximum atomic E-state index is 4.66. The monoisotopic (exact) mass is 319 g/mol. The van der Waals surface area contributed by atoms with Crippen molar-refractivity contribution < 1.29 is 0 Å². The van der Waals surface area contributed by atoms with Crippen molar-refractivity contribution in [3.05, 3.63) is 34.7 Å². The Morgan fingerprint density at radius 2 is 2.16 bits per heavy atom. The minimum Gasteiger partial charge on any atom is -0.361 e. The molecule has 0 aromatic carbocycles. The molecule has 1 atom stereocenters. The van der Waals surface area contributed by atoms with Crippen molar-refractivity contribution in [2.75, 3.05) is 5.32 Å². The first-order valence-electron chi connectivity index (χ1n) is 6.60. The molecule has 2 aromatic heterocycles. The molecule has 0 saturated heterocycles. The van der Waals surface area contributed by atoms with Crippen LogP contribution in [0.4, 0.5) is 5.82 Å². The van der Waals surface area contributed by atoms with Crippen LogP contribution in [0.1, 0.15) is 42.7 Å². The van der Waals surface area contributed by atoms with Crippen molar-refractivity contribution in [2.45, 2.75) is 37.8 Å². The highest BCUT2D eigenvalue weighted by Gasteiger charge is 2.28.